The molecule has 3 rings (SSSR count). The molecule has 0 fully saturated rings. The van der Waals surface area contributed by atoms with E-state index in [1.807, 2.05) is 39.0 Å². The predicted octanol–water partition coefficient (Wildman–Crippen LogP) is 5.23. The molecule has 0 unspecified atom stereocenters. The molecule has 1 atom stereocenters. The molecule has 0 radical (unpaired) electrons. The highest BCUT2D eigenvalue weighted by Crippen LogP contribution is 2.33. The minimum atomic E-state index is -0.382. The Morgan fingerprint density at radius 3 is 2.58 bits per heavy atom. The maximum absolute atomic E-state index is 12.5. The van der Waals surface area contributed by atoms with Gasteiger partial charge in [-0.15, -0.1) is 11.3 Å². The molecule has 138 valence electrons. The zero-order valence-corrected chi connectivity index (χ0v) is 16.8. The molecule has 1 aliphatic carbocycles. The minimum Gasteiger partial charge on any atom is -0.453 e. The maximum atomic E-state index is 12.5. The first kappa shape index (κ1) is 18.8. The van der Waals surface area contributed by atoms with Crippen LogP contribution in [0.25, 0.3) is 0 Å². The molecule has 0 N–H and O–H groups in total. The van der Waals surface area contributed by atoms with Crippen molar-refractivity contribution in [3.8, 4) is 0 Å². The highest BCUT2D eigenvalue weighted by Gasteiger charge is 2.23. The Morgan fingerprint density at radius 2 is 1.85 bits per heavy atom. The predicted molar refractivity (Wildman–Crippen MR) is 105 cm³/mol. The summed E-state index contributed by atoms with van der Waals surface area (Å²) in [6, 6.07) is 5.85. The average Bonchev–Trinajstić information content (AvgIpc) is 3.05. The SMILES string of the molecule is CC[C@H]1CCc2sc(C(=O)OCC(=O)c3cc(C)c(C)cc3C)cc2C1. The summed E-state index contributed by atoms with van der Waals surface area (Å²) in [6.45, 7) is 7.94. The molecule has 0 aliphatic heterocycles. The molecule has 1 aromatic heterocycles. The number of thiophene rings is 1. The van der Waals surface area contributed by atoms with Gasteiger partial charge >= 0.3 is 5.97 Å². The Hall–Kier alpha value is -1.94. The van der Waals surface area contributed by atoms with Gasteiger partial charge in [-0.25, -0.2) is 4.79 Å². The van der Waals surface area contributed by atoms with Gasteiger partial charge in [0, 0.05) is 10.4 Å². The topological polar surface area (TPSA) is 43.4 Å². The number of hydrogen-bond donors (Lipinski definition) is 0. The van der Waals surface area contributed by atoms with E-state index >= 15 is 0 Å². The van der Waals surface area contributed by atoms with Crippen LogP contribution >= 0.6 is 11.3 Å². The average molecular weight is 371 g/mol. The number of aryl methyl sites for hydroxylation is 4. The first-order chi connectivity index (χ1) is 12.4. The second kappa shape index (κ2) is 7.75. The number of carbonyl (C=O) groups excluding carboxylic acids is 2. The lowest BCUT2D eigenvalue weighted by atomic mass is 9.87. The van der Waals surface area contributed by atoms with Crippen molar-refractivity contribution >= 4 is 23.1 Å². The van der Waals surface area contributed by atoms with Crippen molar-refractivity contribution in [3.05, 3.63) is 55.8 Å². The molecular formula is C22H26O3S. The van der Waals surface area contributed by atoms with Crippen LogP contribution in [0.1, 0.15) is 66.9 Å². The quantitative estimate of drug-likeness (QED) is 0.535. The van der Waals surface area contributed by atoms with Crippen molar-refractivity contribution < 1.29 is 14.3 Å². The first-order valence-electron chi connectivity index (χ1n) is 9.28. The van der Waals surface area contributed by atoms with Crippen LogP contribution in [0.2, 0.25) is 0 Å². The van der Waals surface area contributed by atoms with Crippen LogP contribution < -0.4 is 0 Å². The third-order valence-corrected chi connectivity index (χ3v) is 6.66. The van der Waals surface area contributed by atoms with Gasteiger partial charge in [0.2, 0.25) is 5.78 Å². The molecule has 1 aliphatic rings. The van der Waals surface area contributed by atoms with Crippen molar-refractivity contribution in [3.63, 3.8) is 0 Å². The van der Waals surface area contributed by atoms with E-state index in [4.69, 9.17) is 4.74 Å². The van der Waals surface area contributed by atoms with Gasteiger partial charge in [0.05, 0.1) is 0 Å². The van der Waals surface area contributed by atoms with Crippen LogP contribution in [0.4, 0.5) is 0 Å². The van der Waals surface area contributed by atoms with E-state index < -0.39 is 0 Å². The van der Waals surface area contributed by atoms with Gasteiger partial charge in [0.15, 0.2) is 6.61 Å². The summed E-state index contributed by atoms with van der Waals surface area (Å²) >= 11 is 1.53. The van der Waals surface area contributed by atoms with Crippen LogP contribution in [0.5, 0.6) is 0 Å². The molecule has 0 saturated heterocycles. The third-order valence-electron chi connectivity index (χ3n) is 5.44. The second-order valence-corrected chi connectivity index (χ2v) is 8.46. The fraction of sp³-hybridized carbons (Fsp3) is 0.455. The summed E-state index contributed by atoms with van der Waals surface area (Å²) in [5.74, 6) is 0.189. The Kier molecular flexibility index (Phi) is 5.61. The monoisotopic (exact) mass is 370 g/mol. The van der Waals surface area contributed by atoms with Gasteiger partial charge in [0.25, 0.3) is 0 Å². The van der Waals surface area contributed by atoms with Crippen LogP contribution in [0.3, 0.4) is 0 Å². The molecule has 0 amide bonds. The number of esters is 1. The van der Waals surface area contributed by atoms with E-state index in [9.17, 15) is 9.59 Å². The number of ether oxygens (including phenoxy) is 1. The third kappa shape index (κ3) is 3.90. The fourth-order valence-electron chi connectivity index (χ4n) is 3.59. The summed E-state index contributed by atoms with van der Waals surface area (Å²) in [5, 5.41) is 0. The number of fused-ring (bicyclic) bond motifs is 1. The Morgan fingerprint density at radius 1 is 1.12 bits per heavy atom. The molecule has 0 spiro atoms. The number of Topliss-reactive ketones (excluding diaryl/α,β-unsaturated/α-hetero) is 1. The van der Waals surface area contributed by atoms with E-state index in [0.717, 1.165) is 35.4 Å². The lowest BCUT2D eigenvalue weighted by Crippen LogP contribution is -2.15. The number of ketones is 1. The number of rotatable bonds is 5. The standard InChI is InChI=1S/C22H26O3S/c1-5-16-6-7-20-17(10-16)11-21(26-20)22(24)25-12-19(23)18-9-14(3)13(2)8-15(18)4/h8-9,11,16H,5-7,10,12H2,1-4H3/t16-/m0/s1. The molecule has 26 heavy (non-hydrogen) atoms. The molecular weight excluding hydrogens is 344 g/mol. The summed E-state index contributed by atoms with van der Waals surface area (Å²) in [6.07, 6.45) is 4.48. The largest absolute Gasteiger partial charge is 0.453 e. The Labute approximate surface area is 159 Å². The van der Waals surface area contributed by atoms with E-state index in [1.54, 1.807) is 0 Å². The summed E-state index contributed by atoms with van der Waals surface area (Å²) < 4.78 is 5.32. The molecule has 0 saturated carbocycles. The minimum absolute atomic E-state index is 0.147. The Bertz CT molecular complexity index is 847. The van der Waals surface area contributed by atoms with Crippen molar-refractivity contribution in [2.45, 2.75) is 53.4 Å². The fourth-order valence-corrected chi connectivity index (χ4v) is 4.69. The number of hydrogen-bond acceptors (Lipinski definition) is 4. The van der Waals surface area contributed by atoms with Crippen molar-refractivity contribution in [2.24, 2.45) is 5.92 Å². The van der Waals surface area contributed by atoms with Gasteiger partial charge < -0.3 is 4.74 Å². The summed E-state index contributed by atoms with van der Waals surface area (Å²) in [5.41, 5.74) is 5.08. The van der Waals surface area contributed by atoms with Crippen LogP contribution in [-0.2, 0) is 17.6 Å². The van der Waals surface area contributed by atoms with Crippen molar-refractivity contribution in [1.82, 2.24) is 0 Å². The summed E-state index contributed by atoms with van der Waals surface area (Å²) in [7, 11) is 0. The van der Waals surface area contributed by atoms with E-state index in [-0.39, 0.29) is 18.4 Å². The van der Waals surface area contributed by atoms with Gasteiger partial charge in [-0.05, 0) is 80.3 Å². The maximum Gasteiger partial charge on any atom is 0.348 e. The molecule has 1 heterocycles. The van der Waals surface area contributed by atoms with Gasteiger partial charge in [-0.2, -0.15) is 0 Å². The molecule has 3 nitrogen and oxygen atoms in total. The van der Waals surface area contributed by atoms with Crippen LogP contribution in [-0.4, -0.2) is 18.4 Å². The van der Waals surface area contributed by atoms with Crippen molar-refractivity contribution in [1.29, 1.82) is 0 Å². The number of carbonyl (C=O) groups is 2. The van der Waals surface area contributed by atoms with Gasteiger partial charge in [0.1, 0.15) is 4.88 Å². The van der Waals surface area contributed by atoms with E-state index in [2.05, 4.69) is 6.92 Å². The highest BCUT2D eigenvalue weighted by molar-refractivity contribution is 7.14. The lowest BCUT2D eigenvalue weighted by molar-refractivity contribution is 0.0479. The Balaban J connectivity index is 1.65. The summed E-state index contributed by atoms with van der Waals surface area (Å²) in [4.78, 5) is 26.8. The van der Waals surface area contributed by atoms with Gasteiger partial charge in [-0.3, -0.25) is 4.79 Å². The first-order valence-corrected chi connectivity index (χ1v) is 10.1. The zero-order valence-electron chi connectivity index (χ0n) is 16.0. The highest BCUT2D eigenvalue weighted by atomic mass is 32.1. The molecule has 0 bridgehead atoms. The zero-order chi connectivity index (χ0) is 18.8. The van der Waals surface area contributed by atoms with E-state index in [1.165, 1.54) is 34.6 Å². The molecule has 2 aromatic rings. The number of benzene rings is 1. The van der Waals surface area contributed by atoms with Gasteiger partial charge in [-0.1, -0.05) is 19.4 Å². The molecule has 1 aromatic carbocycles. The second-order valence-electron chi connectivity index (χ2n) is 7.33. The van der Waals surface area contributed by atoms with E-state index in [0.29, 0.717) is 10.4 Å². The molecule has 4 heteroatoms. The lowest BCUT2D eigenvalue weighted by Gasteiger charge is -2.19. The van der Waals surface area contributed by atoms with Crippen LogP contribution in [0, 0.1) is 26.7 Å². The normalized spacial score (nSPS) is 16.2. The van der Waals surface area contributed by atoms with Crippen LogP contribution in [0.15, 0.2) is 18.2 Å². The van der Waals surface area contributed by atoms with Crippen molar-refractivity contribution in [2.75, 3.05) is 6.61 Å². The smallest absolute Gasteiger partial charge is 0.348 e.